The average Bonchev–Trinajstić information content (AvgIpc) is 3.82. The van der Waals surface area contributed by atoms with E-state index in [-0.39, 0.29) is 160 Å². The van der Waals surface area contributed by atoms with E-state index in [0.29, 0.717) is 25.9 Å². The first kappa shape index (κ1) is 66.3. The Balaban J connectivity index is -0.00000175. The van der Waals surface area contributed by atoms with Crippen molar-refractivity contribution in [1.29, 1.82) is 0 Å². The van der Waals surface area contributed by atoms with E-state index < -0.39 is 36.1 Å². The van der Waals surface area contributed by atoms with Crippen molar-refractivity contribution in [2.75, 3.05) is 55.0 Å². The molecule has 0 radical (unpaired) electrons. The molecule has 1 fully saturated rings. The number of likely N-dealkylation sites (N-methyl/N-ethyl adjacent to an activating group) is 2. The maximum Gasteiger partial charge on any atom is 0.253 e. The number of nitrogens with one attached hydrogen (secondary N) is 2. The minimum absolute atomic E-state index is 0. The van der Waals surface area contributed by atoms with Crippen LogP contribution in [0.4, 0.5) is 0 Å². The summed E-state index contributed by atoms with van der Waals surface area (Å²) >= 11 is 0. The molecule has 9 atom stereocenters. The number of Topliss-reactive ketones (excluding diaryl/α,β-unsaturated/α-hetero) is 1. The monoisotopic (exact) mass is 1410 g/mol. The molecule has 2 N–H and O–H groups in total. The number of methoxy groups -OCH3 is 2. The van der Waals surface area contributed by atoms with Crippen molar-refractivity contribution in [3.05, 3.63) is 19.1 Å². The molecule has 16 nitrogen and oxygen atoms in total. The Morgan fingerprint density at radius 2 is 1.48 bits per heavy atom. The van der Waals surface area contributed by atoms with Crippen molar-refractivity contribution < 1.29 is 111 Å². The SMILES string of the molecule is CC[C@H](C)[C@@H]([C@@H](CC(=O)N1CCC[C@H]1[C@H](OC)[C@@H](C)C(=O)N[C@@H](C)[C-]=O)OC)N(C)C(=O)[C@@H](CC(=O)[C@H](C(C)C)N(C)C)C(C)C.[CH2-]CCNC(=O)CCN1C(=O)C=CC1=O.[W].[W].[W]. The van der Waals surface area contributed by atoms with E-state index in [1.807, 2.05) is 53.6 Å². The third-order valence-electron chi connectivity index (χ3n) is 11.8. The number of rotatable bonds is 25. The molecular formula is C45H76N6O10W3-2. The van der Waals surface area contributed by atoms with E-state index in [1.165, 1.54) is 19.3 Å². The Hall–Kier alpha value is -1.96. The zero-order valence-corrected chi connectivity index (χ0v) is 49.2. The minimum atomic E-state index is -0.744. The van der Waals surface area contributed by atoms with E-state index in [4.69, 9.17) is 9.47 Å². The predicted molar refractivity (Wildman–Crippen MR) is 233 cm³/mol. The average molecular weight is 1410 g/mol. The molecule has 0 aromatic heterocycles. The fourth-order valence-electron chi connectivity index (χ4n) is 8.32. The molecule has 0 aromatic rings. The number of carbonyl (C=O) groups excluding carboxylic acids is 8. The van der Waals surface area contributed by atoms with Gasteiger partial charge in [-0.05, 0) is 51.2 Å². The summed E-state index contributed by atoms with van der Waals surface area (Å²) in [5.74, 6) is -2.46. The molecule has 0 bridgehead atoms. The van der Waals surface area contributed by atoms with Gasteiger partial charge in [0, 0.05) is 128 Å². The molecule has 19 heteroatoms. The zero-order valence-electron chi connectivity index (χ0n) is 40.4. The fourth-order valence-corrected chi connectivity index (χ4v) is 8.32. The Morgan fingerprint density at radius 3 is 1.94 bits per heavy atom. The molecule has 64 heavy (non-hydrogen) atoms. The summed E-state index contributed by atoms with van der Waals surface area (Å²) in [5.41, 5.74) is 0. The van der Waals surface area contributed by atoms with Gasteiger partial charge in [-0.25, -0.2) is 6.29 Å². The first-order chi connectivity index (χ1) is 28.6. The molecule has 0 aliphatic carbocycles. The summed E-state index contributed by atoms with van der Waals surface area (Å²) in [7, 11) is 8.64. The van der Waals surface area contributed by atoms with Crippen LogP contribution in [0.2, 0.25) is 0 Å². The number of nitrogens with zero attached hydrogens (tertiary/aromatic N) is 4. The van der Waals surface area contributed by atoms with Crippen molar-refractivity contribution in [3.63, 3.8) is 0 Å². The van der Waals surface area contributed by atoms with Crippen molar-refractivity contribution >= 4 is 47.5 Å². The van der Waals surface area contributed by atoms with Crippen molar-refractivity contribution in [1.82, 2.24) is 30.2 Å². The van der Waals surface area contributed by atoms with Gasteiger partial charge in [0.2, 0.25) is 23.6 Å². The van der Waals surface area contributed by atoms with E-state index >= 15 is 0 Å². The maximum atomic E-state index is 14.2. The normalized spacial score (nSPS) is 18.2. The van der Waals surface area contributed by atoms with Gasteiger partial charge >= 0.3 is 0 Å². The summed E-state index contributed by atoms with van der Waals surface area (Å²) in [6.45, 7) is 20.1. The Kier molecular flexibility index (Phi) is 34.7. The molecule has 0 saturated carbocycles. The first-order valence-corrected chi connectivity index (χ1v) is 21.7. The van der Waals surface area contributed by atoms with Crippen LogP contribution in [0.1, 0.15) is 100 Å². The van der Waals surface area contributed by atoms with Crippen molar-refractivity contribution in [2.45, 2.75) is 137 Å². The van der Waals surface area contributed by atoms with Crippen LogP contribution in [0.5, 0.6) is 0 Å². The number of amides is 6. The Labute approximate surface area is 426 Å². The van der Waals surface area contributed by atoms with Crippen molar-refractivity contribution in [3.8, 4) is 0 Å². The van der Waals surface area contributed by atoms with Crippen LogP contribution in [-0.4, -0.2) is 158 Å². The second kappa shape index (κ2) is 33.5. The molecule has 366 valence electrons. The second-order valence-electron chi connectivity index (χ2n) is 17.2. The van der Waals surface area contributed by atoms with Crippen LogP contribution in [0, 0.1) is 36.5 Å². The molecule has 2 aliphatic heterocycles. The topological polar surface area (TPSA) is 192 Å². The van der Waals surface area contributed by atoms with Gasteiger partial charge in [0.05, 0.1) is 42.7 Å². The van der Waals surface area contributed by atoms with Crippen molar-refractivity contribution in [2.24, 2.45) is 29.6 Å². The number of hydrogen-bond acceptors (Lipinski definition) is 11. The number of ketones is 1. The van der Waals surface area contributed by atoms with Gasteiger partial charge in [0.25, 0.3) is 11.8 Å². The molecule has 2 rings (SSSR count). The van der Waals surface area contributed by atoms with Gasteiger partial charge in [0.15, 0.2) is 5.78 Å². The van der Waals surface area contributed by atoms with E-state index in [2.05, 4.69) is 24.5 Å². The number of carbonyl (C=O) groups is 7. The molecule has 2 heterocycles. The van der Waals surface area contributed by atoms with Crippen LogP contribution in [0.15, 0.2) is 12.2 Å². The van der Waals surface area contributed by atoms with E-state index in [9.17, 15) is 38.4 Å². The standard InChI is InChI=1S/C35H63N4O7.C10H13N2O3.3W/c1-14-23(6)32(38(11)35(44)26(21(2)3)18-28(41)31(22(4)5)37(9)10)29(45-12)19-30(42)39-17-15-16-27(39)33(46-13)25(8)34(43)36-24(7)20-40;1-2-6-11-8(13)5-7-12-9(14)3-4-10(12)15;;;/h21-27,29,31-33H,14-19H2,1-13H3,(H,36,43);3-4H,1-2,5-7H2,(H,11,13);;;/q2*-1;;;/t23-,24-,25+,26-,27-,29+,31-,32-,33+;;;;/m0..../s1. The number of hydrogen-bond donors (Lipinski definition) is 2. The number of ether oxygens (including phenoxy) is 2. The van der Waals surface area contributed by atoms with Gasteiger partial charge in [-0.1, -0.05) is 67.9 Å². The number of likely N-dealkylation sites (tertiary alicyclic amines) is 1. The third kappa shape index (κ3) is 20.1. The quantitative estimate of drug-likeness (QED) is 0.101. The smallest absolute Gasteiger partial charge is 0.253 e. The third-order valence-corrected chi connectivity index (χ3v) is 11.8. The second-order valence-corrected chi connectivity index (χ2v) is 17.2. The molecule has 2 aliphatic rings. The molecular weight excluding hydrogens is 1340 g/mol. The molecule has 0 aromatic carbocycles. The summed E-state index contributed by atoms with van der Waals surface area (Å²) in [6, 6.07) is -1.75. The zero-order chi connectivity index (χ0) is 46.7. The summed E-state index contributed by atoms with van der Waals surface area (Å²) in [5, 5.41) is 5.24. The van der Waals surface area contributed by atoms with Gasteiger partial charge < -0.3 is 41.6 Å². The minimum Gasteiger partial charge on any atom is -0.540 e. The summed E-state index contributed by atoms with van der Waals surface area (Å²) in [6.07, 6.45) is 6.18. The van der Waals surface area contributed by atoms with Gasteiger partial charge in [-0.2, -0.15) is 6.42 Å². The van der Waals surface area contributed by atoms with Crippen LogP contribution in [-0.2, 0) is 111 Å². The summed E-state index contributed by atoms with van der Waals surface area (Å²) < 4.78 is 11.8. The Morgan fingerprint density at radius 1 is 0.906 bits per heavy atom. The van der Waals surface area contributed by atoms with Crippen LogP contribution < -0.4 is 10.6 Å². The van der Waals surface area contributed by atoms with Crippen LogP contribution in [0.25, 0.3) is 0 Å². The largest absolute Gasteiger partial charge is 0.540 e. The number of imide groups is 1. The first-order valence-electron chi connectivity index (χ1n) is 21.7. The molecule has 6 amide bonds. The van der Waals surface area contributed by atoms with Gasteiger partial charge in [-0.15, -0.1) is 0 Å². The van der Waals surface area contributed by atoms with Gasteiger partial charge in [0.1, 0.15) is 0 Å². The van der Waals surface area contributed by atoms with Gasteiger partial charge in [-0.3, -0.25) is 43.4 Å². The van der Waals surface area contributed by atoms with Crippen LogP contribution in [0.3, 0.4) is 0 Å². The summed E-state index contributed by atoms with van der Waals surface area (Å²) in [4.78, 5) is 105. The fraction of sp³-hybridized carbons (Fsp3) is 0.756. The van der Waals surface area contributed by atoms with Crippen LogP contribution >= 0.6 is 0 Å². The predicted octanol–water partition coefficient (Wildman–Crippen LogP) is 2.97. The molecule has 0 spiro atoms. The van der Waals surface area contributed by atoms with E-state index in [0.717, 1.165) is 17.7 Å². The molecule has 0 unspecified atom stereocenters. The molecule has 1 saturated heterocycles. The maximum absolute atomic E-state index is 14.2. The van der Waals surface area contributed by atoms with E-state index in [1.54, 1.807) is 44.1 Å². The Bertz CT molecular complexity index is 1490.